The lowest BCUT2D eigenvalue weighted by Crippen LogP contribution is -2.39. The second-order valence-electron chi connectivity index (χ2n) is 4.91. The maximum atomic E-state index is 12.7. The van der Waals surface area contributed by atoms with Crippen molar-refractivity contribution in [3.63, 3.8) is 0 Å². The molecule has 4 heterocycles. The molecule has 6 nitrogen and oxygen atoms in total. The van der Waals surface area contributed by atoms with E-state index in [1.165, 1.54) is 5.01 Å². The van der Waals surface area contributed by atoms with E-state index < -0.39 is 6.04 Å². The van der Waals surface area contributed by atoms with Crippen LogP contribution in [0.5, 0.6) is 0 Å². The predicted octanol–water partition coefficient (Wildman–Crippen LogP) is 3.97. The molecule has 0 saturated carbocycles. The van der Waals surface area contributed by atoms with Crippen LogP contribution in [0, 0.1) is 0 Å². The van der Waals surface area contributed by atoms with Crippen molar-refractivity contribution in [2.24, 2.45) is 0 Å². The summed E-state index contributed by atoms with van der Waals surface area (Å²) in [7, 11) is 0. The van der Waals surface area contributed by atoms with Crippen molar-refractivity contribution in [3.05, 3.63) is 77.0 Å². The van der Waals surface area contributed by atoms with Crippen LogP contribution in [0.3, 0.4) is 0 Å². The molecule has 0 aliphatic carbocycles. The Morgan fingerprint density at radius 3 is 2.61 bits per heavy atom. The maximum absolute atomic E-state index is 12.7. The van der Waals surface area contributed by atoms with Gasteiger partial charge in [-0.15, -0.1) is 0 Å². The van der Waals surface area contributed by atoms with Crippen LogP contribution in [0.1, 0.15) is 28.1 Å². The van der Waals surface area contributed by atoms with E-state index in [2.05, 4.69) is 21.4 Å². The lowest BCUT2D eigenvalue weighted by atomic mass is 10.2. The minimum atomic E-state index is -0.401. The van der Waals surface area contributed by atoms with Crippen molar-refractivity contribution < 1.29 is 18.0 Å². The molecule has 1 aliphatic rings. The second-order valence-corrected chi connectivity index (χ2v) is 5.69. The standard InChI is InChI=1S/C16H11BrN2O4/c17-15-6-5-14(23-15)16(20)19-11(13-4-2-8-22-13)9-10(18-19)12-3-1-7-21-12/h1-9,11,18H/t11-/m1/s1. The van der Waals surface area contributed by atoms with E-state index in [0.717, 1.165) is 0 Å². The molecule has 1 N–H and O–H groups in total. The van der Waals surface area contributed by atoms with Gasteiger partial charge >= 0.3 is 5.91 Å². The van der Waals surface area contributed by atoms with E-state index in [-0.39, 0.29) is 11.7 Å². The summed E-state index contributed by atoms with van der Waals surface area (Å²) in [6.07, 6.45) is 5.02. The summed E-state index contributed by atoms with van der Waals surface area (Å²) >= 11 is 3.20. The molecule has 0 unspecified atom stereocenters. The minimum absolute atomic E-state index is 0.218. The first-order chi connectivity index (χ1) is 11.2. The second kappa shape index (κ2) is 5.51. The van der Waals surface area contributed by atoms with Gasteiger partial charge in [-0.05, 0) is 58.4 Å². The highest BCUT2D eigenvalue weighted by Gasteiger charge is 2.35. The Hall–Kier alpha value is -2.67. The van der Waals surface area contributed by atoms with Crippen molar-refractivity contribution in [2.75, 3.05) is 0 Å². The zero-order valence-corrected chi connectivity index (χ0v) is 13.3. The number of amides is 1. The van der Waals surface area contributed by atoms with Gasteiger partial charge in [-0.25, -0.2) is 5.01 Å². The summed E-state index contributed by atoms with van der Waals surface area (Å²) in [5, 5.41) is 1.45. The molecular formula is C16H11BrN2O4. The normalized spacial score (nSPS) is 17.2. The molecule has 1 atom stereocenters. The molecule has 23 heavy (non-hydrogen) atoms. The minimum Gasteiger partial charge on any atom is -0.467 e. The molecule has 4 rings (SSSR count). The van der Waals surface area contributed by atoms with Gasteiger partial charge in [0, 0.05) is 0 Å². The topological polar surface area (TPSA) is 71.8 Å². The van der Waals surface area contributed by atoms with E-state index in [4.69, 9.17) is 13.3 Å². The van der Waals surface area contributed by atoms with Crippen LogP contribution in [0.15, 0.2) is 72.9 Å². The third-order valence-electron chi connectivity index (χ3n) is 3.47. The summed E-state index contributed by atoms with van der Waals surface area (Å²) in [6.45, 7) is 0. The molecule has 0 fully saturated rings. The van der Waals surface area contributed by atoms with Crippen LogP contribution in [0.4, 0.5) is 0 Å². The molecule has 3 aromatic heterocycles. The Morgan fingerprint density at radius 1 is 1.13 bits per heavy atom. The number of hydrogen-bond acceptors (Lipinski definition) is 5. The van der Waals surface area contributed by atoms with Gasteiger partial charge in [-0.2, -0.15) is 0 Å². The third kappa shape index (κ3) is 2.49. The zero-order valence-electron chi connectivity index (χ0n) is 11.7. The molecule has 0 radical (unpaired) electrons. The third-order valence-corrected chi connectivity index (χ3v) is 3.89. The highest BCUT2D eigenvalue weighted by Crippen LogP contribution is 2.33. The maximum Gasteiger partial charge on any atom is 0.308 e. The van der Waals surface area contributed by atoms with Crippen LogP contribution in [0.25, 0.3) is 5.70 Å². The van der Waals surface area contributed by atoms with Gasteiger partial charge in [0.1, 0.15) is 11.8 Å². The molecule has 1 amide bonds. The molecule has 1 aliphatic heterocycles. The Kier molecular flexibility index (Phi) is 3.34. The fourth-order valence-electron chi connectivity index (χ4n) is 2.43. The first-order valence-corrected chi connectivity index (χ1v) is 7.66. The van der Waals surface area contributed by atoms with Crippen LogP contribution < -0.4 is 5.43 Å². The summed E-state index contributed by atoms with van der Waals surface area (Å²) in [5.74, 6) is 1.18. The van der Waals surface area contributed by atoms with Gasteiger partial charge in [-0.1, -0.05) is 0 Å². The fraction of sp³-hybridized carbons (Fsp3) is 0.0625. The number of halogens is 1. The highest BCUT2D eigenvalue weighted by molar-refractivity contribution is 9.10. The van der Waals surface area contributed by atoms with Crippen molar-refractivity contribution in [2.45, 2.75) is 6.04 Å². The number of furan rings is 3. The Morgan fingerprint density at radius 2 is 1.96 bits per heavy atom. The quantitative estimate of drug-likeness (QED) is 0.750. The van der Waals surface area contributed by atoms with E-state index in [1.807, 2.05) is 18.2 Å². The Labute approximate surface area is 139 Å². The number of carbonyl (C=O) groups excluding carboxylic acids is 1. The van der Waals surface area contributed by atoms with Gasteiger partial charge in [-0.3, -0.25) is 10.2 Å². The van der Waals surface area contributed by atoms with Crippen molar-refractivity contribution in [3.8, 4) is 0 Å². The fourth-order valence-corrected chi connectivity index (χ4v) is 2.74. The Balaban J connectivity index is 1.69. The van der Waals surface area contributed by atoms with E-state index in [9.17, 15) is 4.79 Å². The number of rotatable bonds is 3. The van der Waals surface area contributed by atoms with Crippen LogP contribution in [-0.2, 0) is 0 Å². The van der Waals surface area contributed by atoms with E-state index in [1.54, 1.807) is 36.8 Å². The van der Waals surface area contributed by atoms with Crippen LogP contribution in [0.2, 0.25) is 0 Å². The van der Waals surface area contributed by atoms with E-state index in [0.29, 0.717) is 21.9 Å². The van der Waals surface area contributed by atoms with Crippen LogP contribution in [-0.4, -0.2) is 10.9 Å². The predicted molar refractivity (Wildman–Crippen MR) is 83.8 cm³/mol. The smallest absolute Gasteiger partial charge is 0.308 e. The lowest BCUT2D eigenvalue weighted by molar-refractivity contribution is 0.0619. The van der Waals surface area contributed by atoms with Gasteiger partial charge in [0.05, 0.1) is 18.2 Å². The monoisotopic (exact) mass is 374 g/mol. The van der Waals surface area contributed by atoms with Gasteiger partial charge in [0.25, 0.3) is 0 Å². The highest BCUT2D eigenvalue weighted by atomic mass is 79.9. The number of nitrogens with zero attached hydrogens (tertiary/aromatic N) is 1. The molecule has 116 valence electrons. The van der Waals surface area contributed by atoms with Crippen molar-refractivity contribution in [1.82, 2.24) is 10.4 Å². The van der Waals surface area contributed by atoms with Crippen molar-refractivity contribution >= 4 is 27.5 Å². The molecule has 7 heteroatoms. The van der Waals surface area contributed by atoms with Crippen LogP contribution >= 0.6 is 15.9 Å². The zero-order chi connectivity index (χ0) is 15.8. The SMILES string of the molecule is O=C(c1ccc(Br)o1)N1NC(c2ccco2)=C[C@@H]1c1ccco1. The molecular weight excluding hydrogens is 364 g/mol. The summed E-state index contributed by atoms with van der Waals surface area (Å²) in [6, 6.07) is 10.1. The summed E-state index contributed by atoms with van der Waals surface area (Å²) in [5.41, 5.74) is 3.75. The molecule has 3 aromatic rings. The van der Waals surface area contributed by atoms with Crippen molar-refractivity contribution in [1.29, 1.82) is 0 Å². The molecule has 0 bridgehead atoms. The summed E-state index contributed by atoms with van der Waals surface area (Å²) in [4.78, 5) is 12.7. The molecule has 0 saturated heterocycles. The average molecular weight is 375 g/mol. The number of carbonyl (C=O) groups is 1. The van der Waals surface area contributed by atoms with Gasteiger partial charge in [0.15, 0.2) is 16.2 Å². The number of hydrazine groups is 1. The average Bonchev–Trinajstić information content (AvgIpc) is 3.30. The number of hydrogen-bond donors (Lipinski definition) is 1. The first-order valence-electron chi connectivity index (χ1n) is 6.87. The van der Waals surface area contributed by atoms with E-state index >= 15 is 0 Å². The largest absolute Gasteiger partial charge is 0.467 e. The first kappa shape index (κ1) is 14.0. The molecule has 0 aromatic carbocycles. The Bertz CT molecular complexity index is 849. The number of nitrogens with one attached hydrogen (secondary N) is 1. The summed E-state index contributed by atoms with van der Waals surface area (Å²) < 4.78 is 16.7. The van der Waals surface area contributed by atoms with Gasteiger partial charge < -0.3 is 13.3 Å². The molecule has 0 spiro atoms. The van der Waals surface area contributed by atoms with Gasteiger partial charge in [0.2, 0.25) is 0 Å². The lowest BCUT2D eigenvalue weighted by Gasteiger charge is -2.22.